The lowest BCUT2D eigenvalue weighted by atomic mass is 10.0. The van der Waals surface area contributed by atoms with Crippen molar-refractivity contribution in [2.75, 3.05) is 39.3 Å². The van der Waals surface area contributed by atoms with E-state index >= 15 is 0 Å². The molecule has 2 aliphatic heterocycles. The fraction of sp³-hybridized carbons (Fsp3) is 0.632. The van der Waals surface area contributed by atoms with Crippen LogP contribution < -0.4 is 0 Å². The summed E-state index contributed by atoms with van der Waals surface area (Å²) in [5.41, 5.74) is 1.02. The Balaban J connectivity index is 1.79. The van der Waals surface area contributed by atoms with Crippen molar-refractivity contribution in [2.45, 2.75) is 44.0 Å². The van der Waals surface area contributed by atoms with Crippen molar-refractivity contribution in [1.29, 1.82) is 0 Å². The largest absolute Gasteiger partial charge is 0.339 e. The first-order valence-electron chi connectivity index (χ1n) is 9.53. The number of piperazine rings is 1. The predicted molar refractivity (Wildman–Crippen MR) is 101 cm³/mol. The maximum atomic E-state index is 13.1. The highest BCUT2D eigenvalue weighted by molar-refractivity contribution is 7.89. The van der Waals surface area contributed by atoms with Crippen LogP contribution in [0.15, 0.2) is 29.2 Å². The minimum atomic E-state index is -3.65. The zero-order valence-corrected chi connectivity index (χ0v) is 16.5. The fourth-order valence-electron chi connectivity index (χ4n) is 3.78. The monoisotopic (exact) mass is 379 g/mol. The zero-order chi connectivity index (χ0) is 18.7. The number of carbonyl (C=O) groups excluding carboxylic acids is 1. The summed E-state index contributed by atoms with van der Waals surface area (Å²) in [6.07, 6.45) is 2.31. The molecule has 0 saturated carbocycles. The molecular weight excluding hydrogens is 350 g/mol. The Morgan fingerprint density at radius 1 is 1.04 bits per heavy atom. The smallest absolute Gasteiger partial charge is 0.243 e. The highest BCUT2D eigenvalue weighted by Gasteiger charge is 2.39. The fourth-order valence-corrected chi connectivity index (χ4v) is 5.43. The molecule has 0 bridgehead atoms. The summed E-state index contributed by atoms with van der Waals surface area (Å²) in [5.74, 6) is -0.0314. The molecule has 26 heavy (non-hydrogen) atoms. The maximum absolute atomic E-state index is 13.1. The number of amides is 1. The summed E-state index contributed by atoms with van der Waals surface area (Å²) >= 11 is 0. The number of nitrogens with zero attached hydrogens (tertiary/aromatic N) is 3. The predicted octanol–water partition coefficient (Wildman–Crippen LogP) is 1.70. The normalized spacial score (nSPS) is 23.2. The number of carbonyl (C=O) groups is 1. The van der Waals surface area contributed by atoms with E-state index < -0.39 is 16.1 Å². The molecule has 0 spiro atoms. The van der Waals surface area contributed by atoms with Crippen LogP contribution in [-0.2, 0) is 14.8 Å². The molecule has 0 radical (unpaired) electrons. The third-order valence-electron chi connectivity index (χ3n) is 5.50. The SMILES string of the molecule is CCN1CCN(C(=O)C2CCCCN2S(=O)(=O)c2ccc(C)cc2)CC1. The Kier molecular flexibility index (Phi) is 5.99. The van der Waals surface area contributed by atoms with Crippen molar-refractivity contribution in [3.8, 4) is 0 Å². The van der Waals surface area contributed by atoms with Crippen LogP contribution in [0.2, 0.25) is 0 Å². The summed E-state index contributed by atoms with van der Waals surface area (Å²) in [6.45, 7) is 8.54. The summed E-state index contributed by atoms with van der Waals surface area (Å²) in [5, 5.41) is 0. The van der Waals surface area contributed by atoms with Gasteiger partial charge in [0.2, 0.25) is 15.9 Å². The van der Waals surface area contributed by atoms with Gasteiger partial charge in [-0.2, -0.15) is 4.31 Å². The molecule has 144 valence electrons. The second-order valence-corrected chi connectivity index (χ2v) is 9.09. The minimum absolute atomic E-state index is 0.0314. The lowest BCUT2D eigenvalue weighted by molar-refractivity contribution is -0.138. The Morgan fingerprint density at radius 2 is 1.69 bits per heavy atom. The first-order chi connectivity index (χ1) is 12.4. The van der Waals surface area contributed by atoms with Gasteiger partial charge < -0.3 is 9.80 Å². The Labute approximate surface area is 156 Å². The molecule has 1 aromatic rings. The van der Waals surface area contributed by atoms with Crippen LogP contribution in [0.3, 0.4) is 0 Å². The summed E-state index contributed by atoms with van der Waals surface area (Å²) in [4.78, 5) is 17.5. The average Bonchev–Trinajstić information content (AvgIpc) is 2.68. The molecule has 3 rings (SSSR count). The molecule has 2 heterocycles. The maximum Gasteiger partial charge on any atom is 0.243 e. The van der Waals surface area contributed by atoms with Gasteiger partial charge in [-0.3, -0.25) is 4.79 Å². The van der Waals surface area contributed by atoms with Crippen LogP contribution in [0, 0.1) is 6.92 Å². The van der Waals surface area contributed by atoms with Crippen molar-refractivity contribution < 1.29 is 13.2 Å². The molecule has 1 atom stereocenters. The molecule has 0 aliphatic carbocycles. The van der Waals surface area contributed by atoms with Crippen molar-refractivity contribution in [2.24, 2.45) is 0 Å². The van der Waals surface area contributed by atoms with Gasteiger partial charge in [-0.25, -0.2) is 8.42 Å². The van der Waals surface area contributed by atoms with E-state index in [1.54, 1.807) is 24.3 Å². The van der Waals surface area contributed by atoms with Crippen molar-refractivity contribution in [1.82, 2.24) is 14.1 Å². The van der Waals surface area contributed by atoms with Gasteiger partial charge in [-0.05, 0) is 38.4 Å². The van der Waals surface area contributed by atoms with Gasteiger partial charge in [0, 0.05) is 32.7 Å². The number of hydrogen-bond acceptors (Lipinski definition) is 4. The summed E-state index contributed by atoms with van der Waals surface area (Å²) in [6, 6.07) is 6.32. The highest BCUT2D eigenvalue weighted by atomic mass is 32.2. The van der Waals surface area contributed by atoms with E-state index in [4.69, 9.17) is 0 Å². The molecule has 0 N–H and O–H groups in total. The molecule has 1 unspecified atom stereocenters. The van der Waals surface area contributed by atoms with Gasteiger partial charge in [-0.15, -0.1) is 0 Å². The van der Waals surface area contributed by atoms with Crippen LogP contribution in [0.25, 0.3) is 0 Å². The van der Waals surface area contributed by atoms with Crippen LogP contribution in [0.5, 0.6) is 0 Å². The van der Waals surface area contributed by atoms with Crippen molar-refractivity contribution >= 4 is 15.9 Å². The second kappa shape index (κ2) is 8.06. The topological polar surface area (TPSA) is 60.9 Å². The van der Waals surface area contributed by atoms with Gasteiger partial charge >= 0.3 is 0 Å². The van der Waals surface area contributed by atoms with Crippen molar-refractivity contribution in [3.05, 3.63) is 29.8 Å². The molecule has 2 saturated heterocycles. The van der Waals surface area contributed by atoms with E-state index in [0.29, 0.717) is 26.1 Å². The lowest BCUT2D eigenvalue weighted by Gasteiger charge is -2.40. The van der Waals surface area contributed by atoms with Crippen LogP contribution >= 0.6 is 0 Å². The van der Waals surface area contributed by atoms with E-state index in [-0.39, 0.29) is 10.8 Å². The standard InChI is InChI=1S/C19H29N3O3S/c1-3-20-12-14-21(15-13-20)19(23)18-6-4-5-11-22(18)26(24,25)17-9-7-16(2)8-10-17/h7-10,18H,3-6,11-15H2,1-2H3. The van der Waals surface area contributed by atoms with E-state index in [9.17, 15) is 13.2 Å². The quantitative estimate of drug-likeness (QED) is 0.799. The Hall–Kier alpha value is -1.44. The number of sulfonamides is 1. The van der Waals surface area contributed by atoms with Gasteiger partial charge in [0.1, 0.15) is 6.04 Å². The number of rotatable bonds is 4. The van der Waals surface area contributed by atoms with Gasteiger partial charge in [0.25, 0.3) is 0 Å². The number of hydrogen-bond donors (Lipinski definition) is 0. The molecule has 6 nitrogen and oxygen atoms in total. The minimum Gasteiger partial charge on any atom is -0.339 e. The third-order valence-corrected chi connectivity index (χ3v) is 7.42. The molecule has 0 aromatic heterocycles. The summed E-state index contributed by atoms with van der Waals surface area (Å²) in [7, 11) is -3.65. The molecule has 2 aliphatic rings. The Morgan fingerprint density at radius 3 is 2.31 bits per heavy atom. The van der Waals surface area contributed by atoms with Crippen LogP contribution in [0.1, 0.15) is 31.7 Å². The van der Waals surface area contributed by atoms with E-state index in [0.717, 1.165) is 38.0 Å². The summed E-state index contributed by atoms with van der Waals surface area (Å²) < 4.78 is 27.7. The number of aryl methyl sites for hydroxylation is 1. The third kappa shape index (κ3) is 3.94. The van der Waals surface area contributed by atoms with E-state index in [2.05, 4.69) is 11.8 Å². The van der Waals surface area contributed by atoms with E-state index in [1.807, 2.05) is 11.8 Å². The number of benzene rings is 1. The van der Waals surface area contributed by atoms with Crippen LogP contribution in [0.4, 0.5) is 0 Å². The number of likely N-dealkylation sites (N-methyl/N-ethyl adjacent to an activating group) is 1. The van der Waals surface area contributed by atoms with Gasteiger partial charge in [0.15, 0.2) is 0 Å². The average molecular weight is 380 g/mol. The number of piperidine rings is 1. The zero-order valence-electron chi connectivity index (χ0n) is 15.7. The second-order valence-electron chi connectivity index (χ2n) is 7.20. The first-order valence-corrected chi connectivity index (χ1v) is 11.0. The van der Waals surface area contributed by atoms with Gasteiger partial charge in [0.05, 0.1) is 4.90 Å². The first kappa shape index (κ1) is 19.3. The molecule has 1 aromatic carbocycles. The van der Waals surface area contributed by atoms with Gasteiger partial charge in [-0.1, -0.05) is 31.0 Å². The Bertz CT molecular complexity index is 725. The van der Waals surface area contributed by atoms with Crippen molar-refractivity contribution in [3.63, 3.8) is 0 Å². The molecule has 1 amide bonds. The van der Waals surface area contributed by atoms with Crippen LogP contribution in [-0.4, -0.2) is 73.7 Å². The molecule has 2 fully saturated rings. The molecular formula is C19H29N3O3S. The highest BCUT2D eigenvalue weighted by Crippen LogP contribution is 2.27. The van der Waals surface area contributed by atoms with E-state index in [1.165, 1.54) is 4.31 Å². The lowest BCUT2D eigenvalue weighted by Crippen LogP contribution is -2.57. The molecule has 7 heteroatoms.